The first kappa shape index (κ1) is 22.8. The highest BCUT2D eigenvalue weighted by atomic mass is 19.1. The Morgan fingerprint density at radius 1 is 1.41 bits per heavy atom. The number of carbonyl (C=O) groups is 1. The van der Waals surface area contributed by atoms with Crippen molar-refractivity contribution in [2.75, 3.05) is 20.4 Å². The molecule has 0 heterocycles. The van der Waals surface area contributed by atoms with E-state index in [4.69, 9.17) is 19.9 Å². The van der Waals surface area contributed by atoms with E-state index in [1.807, 2.05) is 6.92 Å². The Morgan fingerprint density at radius 3 is 2.70 bits per heavy atom. The van der Waals surface area contributed by atoms with E-state index in [1.54, 1.807) is 25.3 Å². The van der Waals surface area contributed by atoms with Gasteiger partial charge in [0.2, 0.25) is 0 Å². The van der Waals surface area contributed by atoms with Gasteiger partial charge in [0.1, 0.15) is 17.7 Å². The Morgan fingerprint density at radius 2 is 2.15 bits per heavy atom. The average molecular weight is 377 g/mol. The van der Waals surface area contributed by atoms with E-state index in [9.17, 15) is 9.18 Å². The van der Waals surface area contributed by atoms with Gasteiger partial charge in [0.05, 0.1) is 18.9 Å². The van der Waals surface area contributed by atoms with Crippen molar-refractivity contribution in [3.8, 4) is 5.75 Å². The minimum Gasteiger partial charge on any atom is -0.490 e. The van der Waals surface area contributed by atoms with Crippen molar-refractivity contribution in [1.82, 2.24) is 0 Å². The van der Waals surface area contributed by atoms with Crippen LogP contribution >= 0.6 is 0 Å². The lowest BCUT2D eigenvalue weighted by Crippen LogP contribution is -2.19. The van der Waals surface area contributed by atoms with Crippen molar-refractivity contribution in [3.05, 3.63) is 66.0 Å². The Bertz CT molecular complexity index is 685. The molecule has 0 aliphatic carbocycles. The number of halogens is 1. The number of ether oxygens (including phenoxy) is 3. The van der Waals surface area contributed by atoms with Gasteiger partial charge in [-0.2, -0.15) is 0 Å². The first-order chi connectivity index (χ1) is 13.0. The number of allylic oxidation sites excluding steroid dienone is 4. The molecule has 1 atom stereocenters. The predicted molar refractivity (Wildman–Crippen MR) is 104 cm³/mol. The van der Waals surface area contributed by atoms with Gasteiger partial charge in [-0.25, -0.2) is 4.39 Å². The van der Waals surface area contributed by atoms with Gasteiger partial charge in [-0.15, -0.1) is 0 Å². The van der Waals surface area contributed by atoms with Crippen molar-refractivity contribution >= 4 is 5.78 Å². The first-order valence-corrected chi connectivity index (χ1v) is 8.76. The molecule has 0 aromatic heterocycles. The zero-order valence-corrected chi connectivity index (χ0v) is 16.0. The van der Waals surface area contributed by atoms with E-state index in [0.29, 0.717) is 18.8 Å². The highest BCUT2D eigenvalue weighted by Gasteiger charge is 2.18. The minimum atomic E-state index is -0.815. The highest BCUT2D eigenvalue weighted by molar-refractivity contribution is 6.11. The molecule has 6 heteroatoms. The molecule has 0 spiro atoms. The fraction of sp³-hybridized carbons (Fsp3) is 0.381. The highest BCUT2D eigenvalue weighted by Crippen LogP contribution is 2.27. The number of Topliss-reactive ketones (excluding diaryl/α,β-unsaturated/α-hetero) is 1. The minimum absolute atomic E-state index is 0.0644. The van der Waals surface area contributed by atoms with Crippen molar-refractivity contribution in [1.29, 1.82) is 0 Å². The van der Waals surface area contributed by atoms with E-state index in [1.165, 1.54) is 12.2 Å². The molecule has 2 N–H and O–H groups in total. The third-order valence-corrected chi connectivity index (χ3v) is 3.92. The Kier molecular flexibility index (Phi) is 10.3. The summed E-state index contributed by atoms with van der Waals surface area (Å²) in [5.74, 6) is -0.812. The summed E-state index contributed by atoms with van der Waals surface area (Å²) in [6, 6.07) is 4.90. The molecule has 5 nitrogen and oxygen atoms in total. The SMILES string of the molecule is C=C/C=C(\C(=C)F)C(=O)c1ccc(COCN)c(OC(CC)CCOC)c1. The lowest BCUT2D eigenvalue weighted by molar-refractivity contribution is 0.102. The molecule has 0 bridgehead atoms. The maximum Gasteiger partial charge on any atom is 0.196 e. The third kappa shape index (κ3) is 7.09. The molecular formula is C21H28FNO4. The van der Waals surface area contributed by atoms with Crippen molar-refractivity contribution in [2.24, 2.45) is 5.73 Å². The van der Waals surface area contributed by atoms with Crippen molar-refractivity contribution < 1.29 is 23.4 Å². The molecule has 0 radical (unpaired) electrons. The van der Waals surface area contributed by atoms with Crippen LogP contribution in [0.2, 0.25) is 0 Å². The van der Waals surface area contributed by atoms with Crippen LogP contribution in [0.1, 0.15) is 35.7 Å². The van der Waals surface area contributed by atoms with Crippen LogP contribution in [0.3, 0.4) is 0 Å². The molecule has 1 aromatic rings. The molecule has 0 fully saturated rings. The second kappa shape index (κ2) is 12.2. The largest absolute Gasteiger partial charge is 0.490 e. The lowest BCUT2D eigenvalue weighted by Gasteiger charge is -2.20. The fourth-order valence-corrected chi connectivity index (χ4v) is 2.43. The first-order valence-electron chi connectivity index (χ1n) is 8.76. The molecule has 0 aliphatic heterocycles. The summed E-state index contributed by atoms with van der Waals surface area (Å²) in [5.41, 5.74) is 6.30. The topological polar surface area (TPSA) is 70.8 Å². The second-order valence-electron chi connectivity index (χ2n) is 5.82. The third-order valence-electron chi connectivity index (χ3n) is 3.92. The molecule has 1 rings (SSSR count). The zero-order chi connectivity index (χ0) is 20.2. The standard InChI is InChI=1S/C21H28FNO4/c1-5-7-19(15(3)22)21(24)16-8-9-17(13-26-14-23)20(12-16)27-18(6-2)10-11-25-4/h5,7-9,12,18H,1,3,6,10-11,13-14,23H2,2,4H3/b19-7+. The number of methoxy groups -OCH3 is 1. The van der Waals surface area contributed by atoms with Crippen LogP contribution in [0.25, 0.3) is 0 Å². The molecule has 0 aliphatic rings. The van der Waals surface area contributed by atoms with Gasteiger partial charge in [-0.3, -0.25) is 4.79 Å². The molecule has 27 heavy (non-hydrogen) atoms. The predicted octanol–water partition coefficient (Wildman–Crippen LogP) is 4.09. The fourth-order valence-electron chi connectivity index (χ4n) is 2.43. The smallest absolute Gasteiger partial charge is 0.196 e. The lowest BCUT2D eigenvalue weighted by atomic mass is 10.00. The van der Waals surface area contributed by atoms with Crippen LogP contribution in [0.4, 0.5) is 4.39 Å². The number of ketones is 1. The number of hydrogen-bond donors (Lipinski definition) is 1. The molecular weight excluding hydrogens is 349 g/mol. The number of benzene rings is 1. The zero-order valence-electron chi connectivity index (χ0n) is 16.0. The van der Waals surface area contributed by atoms with E-state index in [-0.39, 0.29) is 30.6 Å². The second-order valence-corrected chi connectivity index (χ2v) is 5.82. The summed E-state index contributed by atoms with van der Waals surface area (Å²) in [4.78, 5) is 12.6. The molecule has 0 saturated heterocycles. The summed E-state index contributed by atoms with van der Waals surface area (Å²) < 4.78 is 30.1. The summed E-state index contributed by atoms with van der Waals surface area (Å²) in [7, 11) is 1.63. The maximum absolute atomic E-state index is 13.6. The van der Waals surface area contributed by atoms with E-state index < -0.39 is 11.6 Å². The summed E-state index contributed by atoms with van der Waals surface area (Å²) in [6.45, 7) is 9.58. The van der Waals surface area contributed by atoms with E-state index in [0.717, 1.165) is 12.0 Å². The Balaban J connectivity index is 3.21. The van der Waals surface area contributed by atoms with Crippen LogP contribution in [0.15, 0.2) is 54.9 Å². The van der Waals surface area contributed by atoms with E-state index in [2.05, 4.69) is 13.2 Å². The van der Waals surface area contributed by atoms with Gasteiger partial charge < -0.3 is 19.9 Å². The van der Waals surface area contributed by atoms with E-state index >= 15 is 0 Å². The Hall–Kier alpha value is -2.28. The molecule has 1 aromatic carbocycles. The molecule has 148 valence electrons. The maximum atomic E-state index is 13.6. The van der Waals surface area contributed by atoms with Gasteiger partial charge in [0.15, 0.2) is 5.78 Å². The van der Waals surface area contributed by atoms with Crippen LogP contribution < -0.4 is 10.5 Å². The number of rotatable bonds is 13. The monoisotopic (exact) mass is 377 g/mol. The molecule has 1 unspecified atom stereocenters. The quantitative estimate of drug-likeness (QED) is 0.243. The number of hydrogen-bond acceptors (Lipinski definition) is 5. The van der Waals surface area contributed by atoms with Gasteiger partial charge >= 0.3 is 0 Å². The summed E-state index contributed by atoms with van der Waals surface area (Å²) in [6.07, 6.45) is 4.01. The number of carbonyl (C=O) groups excluding carboxylic acids is 1. The van der Waals surface area contributed by atoms with Crippen molar-refractivity contribution in [2.45, 2.75) is 32.5 Å². The molecule has 0 amide bonds. The van der Waals surface area contributed by atoms with Gasteiger partial charge in [-0.05, 0) is 18.6 Å². The van der Waals surface area contributed by atoms with Gasteiger partial charge in [0, 0.05) is 31.3 Å². The normalized spacial score (nSPS) is 12.5. The summed E-state index contributed by atoms with van der Waals surface area (Å²) >= 11 is 0. The summed E-state index contributed by atoms with van der Waals surface area (Å²) in [5, 5.41) is 0. The van der Waals surface area contributed by atoms with Crippen LogP contribution in [-0.2, 0) is 16.1 Å². The Labute approximate surface area is 160 Å². The van der Waals surface area contributed by atoms with Crippen LogP contribution in [0.5, 0.6) is 5.75 Å². The van der Waals surface area contributed by atoms with Gasteiger partial charge in [0.25, 0.3) is 0 Å². The van der Waals surface area contributed by atoms with Crippen LogP contribution in [-0.4, -0.2) is 32.3 Å². The number of nitrogens with two attached hydrogens (primary N) is 1. The van der Waals surface area contributed by atoms with Gasteiger partial charge in [-0.1, -0.05) is 38.3 Å². The van der Waals surface area contributed by atoms with Crippen LogP contribution in [0, 0.1) is 0 Å². The van der Waals surface area contributed by atoms with Crippen molar-refractivity contribution in [3.63, 3.8) is 0 Å². The molecule has 0 saturated carbocycles. The average Bonchev–Trinajstić information content (AvgIpc) is 2.67.